The largest absolute Gasteiger partial charge is 0.479 e. The Morgan fingerprint density at radius 2 is 1.92 bits per heavy atom. The van der Waals surface area contributed by atoms with Gasteiger partial charge >= 0.3 is 11.3 Å². The highest BCUT2D eigenvalue weighted by atomic mass is 32.1. The van der Waals surface area contributed by atoms with Crippen molar-refractivity contribution in [3.63, 3.8) is 0 Å². The molecule has 5 unspecified atom stereocenters. The summed E-state index contributed by atoms with van der Waals surface area (Å²) in [6, 6.07) is 4.65. The molecule has 144 valence electrons. The summed E-state index contributed by atoms with van der Waals surface area (Å²) in [4.78, 5) is 21.9. The van der Waals surface area contributed by atoms with Crippen molar-refractivity contribution < 1.29 is 44.2 Å². The molecule has 1 aromatic rings. The minimum Gasteiger partial charge on any atom is -0.479 e. The number of hydrogen-bond donors (Lipinski definition) is 6. The molecule has 0 radical (unpaired) electrons. The Bertz CT molecular complexity index is 671. The minimum absolute atomic E-state index is 0.0220. The van der Waals surface area contributed by atoms with Gasteiger partial charge in [0, 0.05) is 7.05 Å². The van der Waals surface area contributed by atoms with Crippen molar-refractivity contribution in [2.45, 2.75) is 37.3 Å². The molecule has 1 fully saturated rings. The van der Waals surface area contributed by atoms with Crippen molar-refractivity contribution in [2.24, 2.45) is 0 Å². The first kappa shape index (κ1) is 20.3. The van der Waals surface area contributed by atoms with Gasteiger partial charge in [0.25, 0.3) is 0 Å². The van der Waals surface area contributed by atoms with Crippen LogP contribution in [0, 0.1) is 0 Å². The van der Waals surface area contributed by atoms with Crippen molar-refractivity contribution in [3.05, 3.63) is 23.8 Å². The molecule has 0 aromatic heterocycles. The Hall–Kier alpha value is -2.05. The van der Waals surface area contributed by atoms with Gasteiger partial charge in [0.05, 0.1) is 5.69 Å². The van der Waals surface area contributed by atoms with Gasteiger partial charge in [-0.05, 0) is 17.7 Å². The maximum atomic E-state index is 11.1. The molecular formula is C15H19NO9S. The lowest BCUT2D eigenvalue weighted by Gasteiger charge is -2.38. The maximum Gasteiger partial charge on any atom is 0.364 e. The summed E-state index contributed by atoms with van der Waals surface area (Å²) in [6.07, 6.45) is -8.52. The highest BCUT2D eigenvalue weighted by Crippen LogP contribution is 2.30. The molecule has 1 aromatic carbocycles. The topological polar surface area (TPSA) is 155 Å². The fourth-order valence-corrected chi connectivity index (χ4v) is 2.45. The second-order valence-corrected chi connectivity index (χ2v) is 5.85. The average molecular weight is 389 g/mol. The van der Waals surface area contributed by atoms with E-state index >= 15 is 0 Å². The number of aliphatic hydroxyl groups excluding tert-OH is 3. The Labute approximate surface area is 153 Å². The number of anilines is 1. The fraction of sp³-hybridized carbons (Fsp3) is 0.467. The number of ether oxygens (including phenoxy) is 3. The lowest BCUT2D eigenvalue weighted by molar-refractivity contribution is -0.271. The predicted molar refractivity (Wildman–Crippen MR) is 90.1 cm³/mol. The van der Waals surface area contributed by atoms with E-state index in [4.69, 9.17) is 19.3 Å². The van der Waals surface area contributed by atoms with E-state index in [-0.39, 0.29) is 12.4 Å². The second-order valence-electron chi connectivity index (χ2n) is 5.49. The van der Waals surface area contributed by atoms with E-state index < -0.39 is 42.0 Å². The van der Waals surface area contributed by atoms with Crippen molar-refractivity contribution in [1.29, 1.82) is 0 Å². The summed E-state index contributed by atoms with van der Waals surface area (Å²) >= 11 is 3.50. The molecule has 10 nitrogen and oxygen atoms in total. The Morgan fingerprint density at radius 3 is 2.50 bits per heavy atom. The molecule has 5 N–H and O–H groups in total. The van der Waals surface area contributed by atoms with Gasteiger partial charge in [0.15, 0.2) is 6.10 Å². The van der Waals surface area contributed by atoms with Gasteiger partial charge in [-0.2, -0.15) is 0 Å². The molecule has 1 saturated heterocycles. The average Bonchev–Trinajstić information content (AvgIpc) is 2.60. The van der Waals surface area contributed by atoms with Gasteiger partial charge in [-0.3, -0.25) is 0 Å². The number of aliphatic carboxylic acids is 1. The van der Waals surface area contributed by atoms with Crippen LogP contribution < -0.4 is 10.1 Å². The maximum absolute atomic E-state index is 11.1. The van der Waals surface area contributed by atoms with Crippen LogP contribution in [0.25, 0.3) is 0 Å². The summed E-state index contributed by atoms with van der Waals surface area (Å²) in [7, 11) is 1.59. The quantitative estimate of drug-likeness (QED) is 0.279. The Morgan fingerprint density at radius 1 is 1.23 bits per heavy atom. The monoisotopic (exact) mass is 389 g/mol. The molecule has 0 saturated carbocycles. The van der Waals surface area contributed by atoms with Crippen LogP contribution in [0.15, 0.2) is 18.2 Å². The van der Waals surface area contributed by atoms with Crippen molar-refractivity contribution in [2.75, 3.05) is 12.4 Å². The molecule has 5 atom stereocenters. The van der Waals surface area contributed by atoms with Gasteiger partial charge in [-0.1, -0.05) is 18.7 Å². The third-order valence-electron chi connectivity index (χ3n) is 3.73. The summed E-state index contributed by atoms with van der Waals surface area (Å²) in [5, 5.41) is 40.6. The van der Waals surface area contributed by atoms with Crippen LogP contribution in [0.3, 0.4) is 0 Å². The molecule has 0 bridgehead atoms. The van der Waals surface area contributed by atoms with Gasteiger partial charge in [0.1, 0.15) is 30.7 Å². The van der Waals surface area contributed by atoms with Crippen LogP contribution in [0.5, 0.6) is 5.75 Å². The highest BCUT2D eigenvalue weighted by Gasteiger charge is 2.48. The zero-order valence-corrected chi connectivity index (χ0v) is 14.5. The number of carbonyl (C=O) groups is 2. The van der Waals surface area contributed by atoms with Crippen LogP contribution in [-0.4, -0.2) is 69.5 Å². The number of hydrogen-bond acceptors (Lipinski definition) is 9. The van der Waals surface area contributed by atoms with E-state index in [2.05, 4.69) is 17.9 Å². The lowest BCUT2D eigenvalue weighted by atomic mass is 9.99. The normalized spacial score (nSPS) is 28.3. The molecule has 11 heteroatoms. The number of carboxylic acids is 1. The molecule has 26 heavy (non-hydrogen) atoms. The van der Waals surface area contributed by atoms with E-state index in [9.17, 15) is 24.9 Å². The molecule has 1 heterocycles. The van der Waals surface area contributed by atoms with Gasteiger partial charge in [-0.15, -0.1) is 0 Å². The number of carbonyl (C=O) groups excluding carboxylic acids is 1. The molecular weight excluding hydrogens is 370 g/mol. The van der Waals surface area contributed by atoms with Gasteiger partial charge in [-0.25, -0.2) is 9.59 Å². The fourth-order valence-electron chi connectivity index (χ4n) is 2.38. The number of aliphatic hydroxyl groups is 3. The molecule has 0 aliphatic carbocycles. The van der Waals surface area contributed by atoms with Crippen LogP contribution in [-0.2, 0) is 20.9 Å². The Kier molecular flexibility index (Phi) is 6.67. The minimum atomic E-state index is -1.80. The van der Waals surface area contributed by atoms with Gasteiger partial charge < -0.3 is 40.0 Å². The molecule has 1 aliphatic heterocycles. The summed E-state index contributed by atoms with van der Waals surface area (Å²) in [5.41, 5.74) is 1.05. The lowest BCUT2D eigenvalue weighted by Crippen LogP contribution is -2.61. The first-order valence-electron chi connectivity index (χ1n) is 7.50. The summed E-state index contributed by atoms with van der Waals surface area (Å²) in [5.74, 6) is -1.32. The third kappa shape index (κ3) is 4.56. The number of benzene rings is 1. The summed E-state index contributed by atoms with van der Waals surface area (Å²) in [6.45, 7) is -0.0220. The van der Waals surface area contributed by atoms with Crippen LogP contribution in [0.1, 0.15) is 5.56 Å². The smallest absolute Gasteiger partial charge is 0.364 e. The molecule has 2 rings (SSSR count). The zero-order chi connectivity index (χ0) is 19.4. The van der Waals surface area contributed by atoms with Crippen molar-refractivity contribution in [1.82, 2.24) is 0 Å². The first-order valence-corrected chi connectivity index (χ1v) is 7.94. The number of carboxylic acid groups (broad SMARTS) is 1. The van der Waals surface area contributed by atoms with E-state index in [1.54, 1.807) is 19.2 Å². The standard InChI is InChI=1S/C15H19NO9S/c1-16-7-4-6(5-23-15(22)26)2-3-8(7)24-14-11(19)9(17)10(18)12(25-14)13(20)21/h2-4,9-12,14,16-19H,5H2,1H3,(H,20,21)(H,22,26). The number of thiol groups is 1. The summed E-state index contributed by atoms with van der Waals surface area (Å²) < 4.78 is 15.3. The van der Waals surface area contributed by atoms with Crippen LogP contribution in [0.2, 0.25) is 0 Å². The van der Waals surface area contributed by atoms with Crippen LogP contribution in [0.4, 0.5) is 10.5 Å². The molecule has 0 spiro atoms. The predicted octanol–water partition coefficient (Wildman–Crippen LogP) is -0.434. The molecule has 1 aliphatic rings. The van der Waals surface area contributed by atoms with Crippen LogP contribution >= 0.6 is 12.6 Å². The second kappa shape index (κ2) is 8.56. The SMILES string of the molecule is CNc1cc(COC(=O)S)ccc1OC1OC(C(=O)O)C(O)C(O)C1O. The first-order chi connectivity index (χ1) is 12.2. The number of nitrogens with one attached hydrogen (secondary N) is 1. The van der Waals surface area contributed by atoms with E-state index in [1.807, 2.05) is 0 Å². The van der Waals surface area contributed by atoms with E-state index in [0.29, 0.717) is 11.3 Å². The Balaban J connectivity index is 2.18. The van der Waals surface area contributed by atoms with Crippen molar-refractivity contribution >= 4 is 29.6 Å². The van der Waals surface area contributed by atoms with E-state index in [1.165, 1.54) is 6.07 Å². The highest BCUT2D eigenvalue weighted by molar-refractivity contribution is 7.96. The molecule has 0 amide bonds. The zero-order valence-electron chi connectivity index (χ0n) is 13.6. The number of rotatable bonds is 6. The van der Waals surface area contributed by atoms with E-state index in [0.717, 1.165) is 0 Å². The third-order valence-corrected chi connectivity index (χ3v) is 3.86. The van der Waals surface area contributed by atoms with Crippen molar-refractivity contribution in [3.8, 4) is 5.75 Å². The van der Waals surface area contributed by atoms with Gasteiger partial charge in [0.2, 0.25) is 6.29 Å².